The average molecular weight is 197 g/mol. The molecule has 0 heterocycles. The maximum atomic E-state index is 11.1. The highest BCUT2D eigenvalue weighted by molar-refractivity contribution is 6.31. The zero-order valence-electron chi connectivity index (χ0n) is 8.10. The van der Waals surface area contributed by atoms with E-state index in [4.69, 9.17) is 11.6 Å². The third-order valence-corrected chi connectivity index (χ3v) is 2.68. The summed E-state index contributed by atoms with van der Waals surface area (Å²) in [7, 11) is 0. The Morgan fingerprint density at radius 2 is 1.77 bits per heavy atom. The third-order valence-electron chi connectivity index (χ3n) is 2.15. The summed E-state index contributed by atoms with van der Waals surface area (Å²) in [5, 5.41) is -0.499. The molecule has 0 fully saturated rings. The Morgan fingerprint density at radius 3 is 2.15 bits per heavy atom. The van der Waals surface area contributed by atoms with Gasteiger partial charge in [-0.05, 0) is 37.5 Å². The van der Waals surface area contributed by atoms with Crippen LogP contribution < -0.4 is 0 Å². The molecule has 70 valence electrons. The SMILES string of the molecule is CC(=O)C(Cl)c1c(C)cccc1C. The van der Waals surface area contributed by atoms with Gasteiger partial charge in [-0.25, -0.2) is 0 Å². The molecule has 0 aliphatic rings. The van der Waals surface area contributed by atoms with Gasteiger partial charge in [-0.15, -0.1) is 11.6 Å². The van der Waals surface area contributed by atoms with E-state index in [1.54, 1.807) is 0 Å². The molecule has 0 aliphatic heterocycles. The number of hydrogen-bond acceptors (Lipinski definition) is 1. The lowest BCUT2D eigenvalue weighted by Crippen LogP contribution is -2.05. The van der Waals surface area contributed by atoms with Crippen molar-refractivity contribution in [3.8, 4) is 0 Å². The first-order chi connectivity index (χ1) is 6.04. The summed E-state index contributed by atoms with van der Waals surface area (Å²) in [6.45, 7) is 5.46. The van der Waals surface area contributed by atoms with Crippen LogP contribution in [0.5, 0.6) is 0 Å². The first-order valence-corrected chi connectivity index (χ1v) is 4.68. The lowest BCUT2D eigenvalue weighted by Gasteiger charge is -2.12. The van der Waals surface area contributed by atoms with Gasteiger partial charge in [0.05, 0.1) is 0 Å². The molecule has 0 spiro atoms. The van der Waals surface area contributed by atoms with Crippen molar-refractivity contribution in [2.45, 2.75) is 26.1 Å². The zero-order chi connectivity index (χ0) is 10.0. The molecule has 0 amide bonds. The first-order valence-electron chi connectivity index (χ1n) is 4.24. The molecule has 1 nitrogen and oxygen atoms in total. The Labute approximate surface area is 83.7 Å². The highest BCUT2D eigenvalue weighted by Crippen LogP contribution is 2.27. The fraction of sp³-hybridized carbons (Fsp3) is 0.364. The van der Waals surface area contributed by atoms with Gasteiger partial charge >= 0.3 is 0 Å². The number of rotatable bonds is 2. The fourth-order valence-corrected chi connectivity index (χ4v) is 1.77. The predicted octanol–water partition coefficient (Wildman–Crippen LogP) is 3.17. The number of alkyl halides is 1. The zero-order valence-corrected chi connectivity index (χ0v) is 8.85. The predicted molar refractivity (Wildman–Crippen MR) is 55.2 cm³/mol. The van der Waals surface area contributed by atoms with Crippen molar-refractivity contribution in [3.05, 3.63) is 34.9 Å². The molecule has 0 aliphatic carbocycles. The normalized spacial score (nSPS) is 12.6. The Balaban J connectivity index is 3.20. The maximum Gasteiger partial charge on any atom is 0.152 e. The Hall–Kier alpha value is -0.820. The van der Waals surface area contributed by atoms with Crippen LogP contribution in [0, 0.1) is 13.8 Å². The van der Waals surface area contributed by atoms with Crippen LogP contribution in [0.3, 0.4) is 0 Å². The van der Waals surface area contributed by atoms with E-state index < -0.39 is 5.38 Å². The molecule has 2 heteroatoms. The lowest BCUT2D eigenvalue weighted by molar-refractivity contribution is -0.116. The van der Waals surface area contributed by atoms with Crippen molar-refractivity contribution >= 4 is 17.4 Å². The molecule has 1 atom stereocenters. The molecule has 0 aromatic heterocycles. The highest BCUT2D eigenvalue weighted by atomic mass is 35.5. The molecule has 0 N–H and O–H groups in total. The van der Waals surface area contributed by atoms with Crippen molar-refractivity contribution in [3.63, 3.8) is 0 Å². The lowest BCUT2D eigenvalue weighted by atomic mass is 9.98. The van der Waals surface area contributed by atoms with E-state index in [1.807, 2.05) is 32.0 Å². The van der Waals surface area contributed by atoms with Crippen molar-refractivity contribution in [2.24, 2.45) is 0 Å². The number of aryl methyl sites for hydroxylation is 2. The molecule has 0 saturated heterocycles. The van der Waals surface area contributed by atoms with E-state index in [-0.39, 0.29) is 5.78 Å². The average Bonchev–Trinajstić information content (AvgIpc) is 2.03. The minimum atomic E-state index is -0.499. The molecule has 1 aromatic carbocycles. The second kappa shape index (κ2) is 3.93. The first kappa shape index (κ1) is 10.3. The van der Waals surface area contributed by atoms with Gasteiger partial charge in [0.2, 0.25) is 0 Å². The van der Waals surface area contributed by atoms with Crippen LogP contribution >= 0.6 is 11.6 Å². The van der Waals surface area contributed by atoms with E-state index in [0.717, 1.165) is 16.7 Å². The molecule has 0 radical (unpaired) electrons. The second-order valence-electron chi connectivity index (χ2n) is 3.28. The number of Topliss-reactive ketones (excluding diaryl/α,β-unsaturated/α-hetero) is 1. The molecule has 0 bridgehead atoms. The topological polar surface area (TPSA) is 17.1 Å². The fourth-order valence-electron chi connectivity index (χ4n) is 1.43. The summed E-state index contributed by atoms with van der Waals surface area (Å²) in [5.74, 6) is -0.000864. The van der Waals surface area contributed by atoms with Crippen molar-refractivity contribution in [1.29, 1.82) is 0 Å². The summed E-state index contributed by atoms with van der Waals surface area (Å²) in [4.78, 5) is 11.1. The third kappa shape index (κ3) is 2.10. The monoisotopic (exact) mass is 196 g/mol. The van der Waals surface area contributed by atoms with Crippen LogP contribution in [-0.2, 0) is 4.79 Å². The van der Waals surface area contributed by atoms with Crippen LogP contribution in [-0.4, -0.2) is 5.78 Å². The Bertz CT molecular complexity index is 311. The highest BCUT2D eigenvalue weighted by Gasteiger charge is 2.16. The standard InChI is InChI=1S/C11H13ClO/c1-7-5-4-6-8(2)10(7)11(12)9(3)13/h4-6,11H,1-3H3. The summed E-state index contributed by atoms with van der Waals surface area (Å²) in [6.07, 6.45) is 0. The van der Waals surface area contributed by atoms with Gasteiger partial charge in [0.1, 0.15) is 5.38 Å². The molecule has 1 aromatic rings. The molecule has 1 unspecified atom stereocenters. The largest absolute Gasteiger partial charge is 0.298 e. The molecular weight excluding hydrogens is 184 g/mol. The van der Waals surface area contributed by atoms with Gasteiger partial charge < -0.3 is 0 Å². The Morgan fingerprint density at radius 1 is 1.31 bits per heavy atom. The van der Waals surface area contributed by atoms with Gasteiger partial charge in [0.15, 0.2) is 5.78 Å². The molecule has 13 heavy (non-hydrogen) atoms. The minimum absolute atomic E-state index is 0.000864. The van der Waals surface area contributed by atoms with Gasteiger partial charge in [-0.1, -0.05) is 18.2 Å². The summed E-state index contributed by atoms with van der Waals surface area (Å²) in [6, 6.07) is 5.92. The quantitative estimate of drug-likeness (QED) is 0.664. The van der Waals surface area contributed by atoms with Gasteiger partial charge in [0.25, 0.3) is 0 Å². The van der Waals surface area contributed by atoms with E-state index in [9.17, 15) is 4.79 Å². The van der Waals surface area contributed by atoms with Crippen LogP contribution in [0.2, 0.25) is 0 Å². The number of ketones is 1. The number of carbonyl (C=O) groups is 1. The van der Waals surface area contributed by atoms with E-state index in [1.165, 1.54) is 6.92 Å². The number of halogens is 1. The van der Waals surface area contributed by atoms with Crippen LogP contribution in [0.4, 0.5) is 0 Å². The molecule has 1 rings (SSSR count). The van der Waals surface area contributed by atoms with Crippen molar-refractivity contribution in [1.82, 2.24) is 0 Å². The molecule has 0 saturated carbocycles. The van der Waals surface area contributed by atoms with Crippen molar-refractivity contribution < 1.29 is 4.79 Å². The minimum Gasteiger partial charge on any atom is -0.298 e. The van der Waals surface area contributed by atoms with E-state index in [0.29, 0.717) is 0 Å². The number of hydrogen-bond donors (Lipinski definition) is 0. The van der Waals surface area contributed by atoms with Crippen LogP contribution in [0.15, 0.2) is 18.2 Å². The maximum absolute atomic E-state index is 11.1. The van der Waals surface area contributed by atoms with E-state index >= 15 is 0 Å². The van der Waals surface area contributed by atoms with Crippen molar-refractivity contribution in [2.75, 3.05) is 0 Å². The van der Waals surface area contributed by atoms with Gasteiger partial charge in [0, 0.05) is 0 Å². The van der Waals surface area contributed by atoms with Crippen LogP contribution in [0.1, 0.15) is 29.0 Å². The van der Waals surface area contributed by atoms with Crippen LogP contribution in [0.25, 0.3) is 0 Å². The van der Waals surface area contributed by atoms with Gasteiger partial charge in [-0.2, -0.15) is 0 Å². The Kier molecular flexibility index (Phi) is 3.10. The second-order valence-corrected chi connectivity index (χ2v) is 3.72. The van der Waals surface area contributed by atoms with Gasteiger partial charge in [-0.3, -0.25) is 4.79 Å². The summed E-state index contributed by atoms with van der Waals surface area (Å²) >= 11 is 6.00. The number of carbonyl (C=O) groups excluding carboxylic acids is 1. The van der Waals surface area contributed by atoms with E-state index in [2.05, 4.69) is 0 Å². The summed E-state index contributed by atoms with van der Waals surface area (Å²) in [5.41, 5.74) is 3.11. The smallest absolute Gasteiger partial charge is 0.152 e. The number of benzene rings is 1. The summed E-state index contributed by atoms with van der Waals surface area (Å²) < 4.78 is 0. The molecular formula is C11H13ClO.